The number of aryl methyl sites for hydroxylation is 2. The van der Waals surface area contributed by atoms with Crippen LogP contribution in [-0.4, -0.2) is 29.3 Å². The summed E-state index contributed by atoms with van der Waals surface area (Å²) in [4.78, 5) is 14.2. The molecule has 0 aromatic heterocycles. The van der Waals surface area contributed by atoms with Crippen LogP contribution in [0.4, 0.5) is 0 Å². The molecule has 0 saturated heterocycles. The standard InChI is InChI=1S/C17H24ClNO/c1-13-6-5-7-14(12-13)10-11-17(20)19(2)16-9-4-3-8-15(16)18/h5-7,12,15-16H,3-4,8-11H2,1-2H3. The summed E-state index contributed by atoms with van der Waals surface area (Å²) >= 11 is 6.37. The molecule has 110 valence electrons. The van der Waals surface area contributed by atoms with Crippen molar-refractivity contribution in [2.24, 2.45) is 0 Å². The van der Waals surface area contributed by atoms with E-state index in [4.69, 9.17) is 11.6 Å². The second-order valence-electron chi connectivity index (χ2n) is 5.86. The molecule has 3 heteroatoms. The molecule has 2 rings (SSSR count). The number of amides is 1. The molecule has 2 nitrogen and oxygen atoms in total. The van der Waals surface area contributed by atoms with E-state index in [1.54, 1.807) is 0 Å². The van der Waals surface area contributed by atoms with Crippen LogP contribution in [-0.2, 0) is 11.2 Å². The van der Waals surface area contributed by atoms with Gasteiger partial charge in [-0.15, -0.1) is 11.6 Å². The van der Waals surface area contributed by atoms with Gasteiger partial charge in [-0.05, 0) is 31.7 Å². The van der Waals surface area contributed by atoms with Gasteiger partial charge in [-0.1, -0.05) is 42.7 Å². The maximum absolute atomic E-state index is 12.3. The van der Waals surface area contributed by atoms with Crippen LogP contribution in [0.2, 0.25) is 0 Å². The van der Waals surface area contributed by atoms with Crippen molar-refractivity contribution < 1.29 is 4.79 Å². The van der Waals surface area contributed by atoms with E-state index in [9.17, 15) is 4.79 Å². The summed E-state index contributed by atoms with van der Waals surface area (Å²) < 4.78 is 0. The minimum absolute atomic E-state index is 0.122. The number of halogens is 1. The highest BCUT2D eigenvalue weighted by atomic mass is 35.5. The predicted octanol–water partition coefficient (Wildman–Crippen LogP) is 3.94. The first-order valence-corrected chi connectivity index (χ1v) is 7.97. The fraction of sp³-hybridized carbons (Fsp3) is 0.588. The molecule has 0 aliphatic heterocycles. The summed E-state index contributed by atoms with van der Waals surface area (Å²) in [5.74, 6) is 0.212. The Bertz CT molecular complexity index is 460. The van der Waals surface area contributed by atoms with Gasteiger partial charge in [-0.3, -0.25) is 4.79 Å². The third-order valence-corrected chi connectivity index (χ3v) is 4.76. The summed E-state index contributed by atoms with van der Waals surface area (Å²) in [6.45, 7) is 2.08. The Morgan fingerprint density at radius 1 is 1.35 bits per heavy atom. The zero-order valence-electron chi connectivity index (χ0n) is 12.4. The molecule has 2 atom stereocenters. The van der Waals surface area contributed by atoms with Gasteiger partial charge in [0.15, 0.2) is 0 Å². The Hall–Kier alpha value is -1.02. The molecule has 20 heavy (non-hydrogen) atoms. The molecule has 0 spiro atoms. The summed E-state index contributed by atoms with van der Waals surface area (Å²) in [5, 5.41) is 0.122. The van der Waals surface area contributed by atoms with E-state index >= 15 is 0 Å². The van der Waals surface area contributed by atoms with Crippen molar-refractivity contribution in [3.8, 4) is 0 Å². The van der Waals surface area contributed by atoms with E-state index in [0.717, 1.165) is 19.3 Å². The molecule has 1 aliphatic rings. The molecule has 1 aromatic carbocycles. The SMILES string of the molecule is Cc1cccc(CCC(=O)N(C)C2CCCCC2Cl)c1. The first-order chi connectivity index (χ1) is 9.58. The molecule has 2 unspecified atom stereocenters. The molecule has 0 N–H and O–H groups in total. The first-order valence-electron chi connectivity index (χ1n) is 7.53. The van der Waals surface area contributed by atoms with Gasteiger partial charge >= 0.3 is 0 Å². The smallest absolute Gasteiger partial charge is 0.222 e. The fourth-order valence-electron chi connectivity index (χ4n) is 2.98. The van der Waals surface area contributed by atoms with Crippen LogP contribution in [0.25, 0.3) is 0 Å². The van der Waals surface area contributed by atoms with Crippen LogP contribution in [0.15, 0.2) is 24.3 Å². The van der Waals surface area contributed by atoms with E-state index in [1.165, 1.54) is 24.0 Å². The highest BCUT2D eigenvalue weighted by molar-refractivity contribution is 6.21. The van der Waals surface area contributed by atoms with Gasteiger partial charge in [-0.25, -0.2) is 0 Å². The largest absolute Gasteiger partial charge is 0.341 e. The predicted molar refractivity (Wildman–Crippen MR) is 84.2 cm³/mol. The molecule has 1 aliphatic carbocycles. The van der Waals surface area contributed by atoms with Crippen LogP contribution in [0, 0.1) is 6.92 Å². The Kier molecular flexibility index (Phi) is 5.47. The minimum atomic E-state index is 0.122. The number of carbonyl (C=O) groups is 1. The highest BCUT2D eigenvalue weighted by Gasteiger charge is 2.28. The van der Waals surface area contributed by atoms with Gasteiger partial charge < -0.3 is 4.90 Å². The van der Waals surface area contributed by atoms with Gasteiger partial charge in [-0.2, -0.15) is 0 Å². The third kappa shape index (κ3) is 3.99. The Morgan fingerprint density at radius 3 is 2.80 bits per heavy atom. The summed E-state index contributed by atoms with van der Waals surface area (Å²) in [7, 11) is 1.91. The number of rotatable bonds is 4. The summed E-state index contributed by atoms with van der Waals surface area (Å²) in [5.41, 5.74) is 2.48. The molecule has 1 saturated carbocycles. The van der Waals surface area contributed by atoms with Crippen molar-refractivity contribution in [1.29, 1.82) is 0 Å². The van der Waals surface area contributed by atoms with Crippen molar-refractivity contribution in [3.05, 3.63) is 35.4 Å². The van der Waals surface area contributed by atoms with Gasteiger partial charge in [0, 0.05) is 19.5 Å². The summed E-state index contributed by atoms with van der Waals surface area (Å²) in [6, 6.07) is 8.59. The molecular weight excluding hydrogens is 270 g/mol. The molecule has 0 heterocycles. The third-order valence-electron chi connectivity index (χ3n) is 4.25. The number of hydrogen-bond acceptors (Lipinski definition) is 1. The van der Waals surface area contributed by atoms with Crippen LogP contribution >= 0.6 is 11.6 Å². The number of alkyl halides is 1. The van der Waals surface area contributed by atoms with Crippen LogP contribution in [0.1, 0.15) is 43.2 Å². The average Bonchev–Trinajstić information content (AvgIpc) is 2.44. The van der Waals surface area contributed by atoms with Crippen molar-refractivity contribution >= 4 is 17.5 Å². The number of benzene rings is 1. The molecule has 1 amide bonds. The van der Waals surface area contributed by atoms with E-state index in [-0.39, 0.29) is 17.3 Å². The van der Waals surface area contributed by atoms with Gasteiger partial charge in [0.2, 0.25) is 5.91 Å². The number of nitrogens with zero attached hydrogens (tertiary/aromatic N) is 1. The van der Waals surface area contributed by atoms with E-state index in [1.807, 2.05) is 11.9 Å². The quantitative estimate of drug-likeness (QED) is 0.770. The molecule has 1 fully saturated rings. The molecule has 0 radical (unpaired) electrons. The first kappa shape index (κ1) is 15.4. The van der Waals surface area contributed by atoms with E-state index in [0.29, 0.717) is 6.42 Å². The lowest BCUT2D eigenvalue weighted by molar-refractivity contribution is -0.132. The molecule has 1 aromatic rings. The topological polar surface area (TPSA) is 20.3 Å². The monoisotopic (exact) mass is 293 g/mol. The lowest BCUT2D eigenvalue weighted by Gasteiger charge is -2.35. The molecular formula is C17H24ClNO. The van der Waals surface area contributed by atoms with Crippen molar-refractivity contribution in [2.45, 2.75) is 56.9 Å². The van der Waals surface area contributed by atoms with Gasteiger partial charge in [0.25, 0.3) is 0 Å². The van der Waals surface area contributed by atoms with Gasteiger partial charge in [0.05, 0.1) is 5.38 Å². The maximum atomic E-state index is 12.3. The number of hydrogen-bond donors (Lipinski definition) is 0. The second-order valence-corrected chi connectivity index (χ2v) is 6.42. The van der Waals surface area contributed by atoms with Crippen molar-refractivity contribution in [2.75, 3.05) is 7.05 Å². The normalized spacial score (nSPS) is 22.6. The Balaban J connectivity index is 1.87. The highest BCUT2D eigenvalue weighted by Crippen LogP contribution is 2.27. The maximum Gasteiger partial charge on any atom is 0.222 e. The van der Waals surface area contributed by atoms with Crippen LogP contribution in [0.3, 0.4) is 0 Å². The lowest BCUT2D eigenvalue weighted by atomic mass is 9.93. The van der Waals surface area contributed by atoms with Crippen LogP contribution in [0.5, 0.6) is 0 Å². The van der Waals surface area contributed by atoms with E-state index < -0.39 is 0 Å². The van der Waals surface area contributed by atoms with E-state index in [2.05, 4.69) is 31.2 Å². The number of carbonyl (C=O) groups excluding carboxylic acids is 1. The minimum Gasteiger partial charge on any atom is -0.341 e. The fourth-order valence-corrected chi connectivity index (χ4v) is 3.43. The zero-order chi connectivity index (χ0) is 14.5. The van der Waals surface area contributed by atoms with Crippen molar-refractivity contribution in [3.63, 3.8) is 0 Å². The lowest BCUT2D eigenvalue weighted by Crippen LogP contribution is -2.44. The van der Waals surface area contributed by atoms with Crippen molar-refractivity contribution in [1.82, 2.24) is 4.90 Å². The second kappa shape index (κ2) is 7.12. The Morgan fingerprint density at radius 2 is 2.10 bits per heavy atom. The summed E-state index contributed by atoms with van der Waals surface area (Å²) in [6.07, 6.45) is 5.83. The average molecular weight is 294 g/mol. The molecule has 0 bridgehead atoms. The van der Waals surface area contributed by atoms with Crippen LogP contribution < -0.4 is 0 Å². The zero-order valence-corrected chi connectivity index (χ0v) is 13.2. The Labute approximate surface area is 127 Å². The van der Waals surface area contributed by atoms with Gasteiger partial charge in [0.1, 0.15) is 0 Å².